The first kappa shape index (κ1) is 40.8. The van der Waals surface area contributed by atoms with E-state index in [2.05, 4.69) is 33.6 Å². The van der Waals surface area contributed by atoms with Gasteiger partial charge in [-0.05, 0) is 82.1 Å². The number of nitrogens with one attached hydrogen (secondary N) is 2. The number of ether oxygens (including phenoxy) is 2. The van der Waals surface area contributed by atoms with Crippen molar-refractivity contribution in [2.75, 3.05) is 18.2 Å². The van der Waals surface area contributed by atoms with Crippen LogP contribution in [0.15, 0.2) is 158 Å². The topological polar surface area (TPSA) is 140 Å². The van der Waals surface area contributed by atoms with Gasteiger partial charge in [0.05, 0.1) is 18.2 Å². The van der Waals surface area contributed by atoms with Gasteiger partial charge in [0.1, 0.15) is 17.5 Å². The molecule has 292 valence electrons. The number of carbonyl (C=O) groups excluding carboxylic acids is 2. The van der Waals surface area contributed by atoms with E-state index in [1.807, 2.05) is 103 Å². The molecule has 0 saturated heterocycles. The zero-order valence-electron chi connectivity index (χ0n) is 31.3. The zero-order chi connectivity index (χ0) is 41.0. The molecule has 11 heteroatoms. The Labute approximate surface area is 346 Å². The monoisotopic (exact) mass is 811 g/mol. The van der Waals surface area contributed by atoms with Crippen molar-refractivity contribution in [3.05, 3.63) is 190 Å². The van der Waals surface area contributed by atoms with Crippen LogP contribution in [-0.2, 0) is 22.5 Å². The van der Waals surface area contributed by atoms with E-state index in [4.69, 9.17) is 33.7 Å². The Balaban J connectivity index is 0.000000406. The number of halogens is 2. The molecule has 7 aromatic carbocycles. The third-order valence-electron chi connectivity index (χ3n) is 9.16. The number of carboxylic acids is 1. The number of nitrogen functional groups attached to an aromatic ring is 1. The van der Waals surface area contributed by atoms with E-state index in [-0.39, 0.29) is 12.0 Å². The summed E-state index contributed by atoms with van der Waals surface area (Å²) in [6.45, 7) is 0.470. The molecule has 5 N–H and O–H groups in total. The molecule has 0 aliphatic heterocycles. The number of benzene rings is 7. The summed E-state index contributed by atoms with van der Waals surface area (Å²) in [6.07, 6.45) is 0.100. The van der Waals surface area contributed by atoms with Gasteiger partial charge in [0.25, 0.3) is 5.91 Å². The molecule has 0 aliphatic carbocycles. The Hall–Kier alpha value is -6.81. The summed E-state index contributed by atoms with van der Waals surface area (Å²) in [4.78, 5) is 36.8. The van der Waals surface area contributed by atoms with Crippen molar-refractivity contribution in [2.24, 2.45) is 0 Å². The first-order valence-corrected chi connectivity index (χ1v) is 18.9. The van der Waals surface area contributed by atoms with Crippen LogP contribution in [0.3, 0.4) is 0 Å². The van der Waals surface area contributed by atoms with Gasteiger partial charge in [-0.3, -0.25) is 4.79 Å². The van der Waals surface area contributed by atoms with Crippen molar-refractivity contribution in [2.45, 2.75) is 19.0 Å². The molecule has 7 rings (SSSR count). The van der Waals surface area contributed by atoms with Crippen LogP contribution in [0.25, 0.3) is 21.9 Å². The maximum atomic E-state index is 13.5. The largest absolute Gasteiger partial charge is 0.480 e. The summed E-state index contributed by atoms with van der Waals surface area (Å²) in [7, 11) is 1.29. The first-order chi connectivity index (χ1) is 28.1. The van der Waals surface area contributed by atoms with Crippen molar-refractivity contribution in [3.8, 4) is 22.6 Å². The number of methoxy groups -OCH3 is 1. The van der Waals surface area contributed by atoms with Crippen LogP contribution in [0, 0.1) is 0 Å². The van der Waals surface area contributed by atoms with E-state index >= 15 is 0 Å². The van der Waals surface area contributed by atoms with Crippen LogP contribution in [0.4, 0.5) is 11.4 Å². The number of esters is 1. The van der Waals surface area contributed by atoms with Crippen LogP contribution in [-0.4, -0.2) is 36.1 Å². The zero-order valence-corrected chi connectivity index (χ0v) is 32.8. The van der Waals surface area contributed by atoms with E-state index in [1.165, 1.54) is 13.2 Å². The fourth-order valence-electron chi connectivity index (χ4n) is 6.21. The van der Waals surface area contributed by atoms with Gasteiger partial charge in [-0.2, -0.15) is 0 Å². The summed E-state index contributed by atoms with van der Waals surface area (Å²) < 4.78 is 10.6. The molecule has 0 unspecified atom stereocenters. The highest BCUT2D eigenvalue weighted by Gasteiger charge is 2.23. The minimum Gasteiger partial charge on any atom is -0.480 e. The second-order valence-corrected chi connectivity index (χ2v) is 14.0. The molecular weight excluding hydrogens is 773 g/mol. The van der Waals surface area contributed by atoms with Crippen molar-refractivity contribution >= 4 is 63.2 Å². The molecule has 0 saturated carbocycles. The van der Waals surface area contributed by atoms with Crippen LogP contribution in [0.2, 0.25) is 10.0 Å². The van der Waals surface area contributed by atoms with Gasteiger partial charge >= 0.3 is 11.9 Å². The summed E-state index contributed by atoms with van der Waals surface area (Å²) in [5.74, 6) is -0.693. The molecule has 0 bridgehead atoms. The molecule has 0 aliphatic rings. The second kappa shape index (κ2) is 19.4. The molecule has 0 heterocycles. The van der Waals surface area contributed by atoms with E-state index < -0.39 is 23.9 Å². The maximum Gasteiger partial charge on any atom is 0.340 e. The SMILES string of the molecule is COC(=O)c1cc(Cl)ccc1N.O=C(N[C@@H](Cc1ccc(-c2ccccc2Oc2ccccc2)cc1)C(=O)O)c1cc(Cl)ccc1NCc1cccc2ccccc12. The lowest BCUT2D eigenvalue weighted by molar-refractivity contribution is -0.139. The predicted molar refractivity (Wildman–Crippen MR) is 231 cm³/mol. The summed E-state index contributed by atoms with van der Waals surface area (Å²) in [5, 5.41) is 19.2. The fraction of sp³-hybridized carbons (Fsp3) is 0.0851. The van der Waals surface area contributed by atoms with E-state index in [9.17, 15) is 19.5 Å². The Morgan fingerprint density at radius 3 is 2.12 bits per heavy atom. The average molecular weight is 813 g/mol. The minimum absolute atomic E-state index is 0.100. The van der Waals surface area contributed by atoms with E-state index in [0.717, 1.165) is 38.8 Å². The maximum absolute atomic E-state index is 13.5. The highest BCUT2D eigenvalue weighted by atomic mass is 35.5. The predicted octanol–water partition coefficient (Wildman–Crippen LogP) is 10.7. The van der Waals surface area contributed by atoms with Crippen LogP contribution >= 0.6 is 23.2 Å². The number of fused-ring (bicyclic) bond motifs is 1. The second-order valence-electron chi connectivity index (χ2n) is 13.1. The number of hydrogen-bond acceptors (Lipinski definition) is 7. The number of amides is 1. The lowest BCUT2D eigenvalue weighted by atomic mass is 9.99. The Bertz CT molecular complexity index is 2540. The number of carbonyl (C=O) groups is 3. The van der Waals surface area contributed by atoms with Crippen molar-refractivity contribution < 1.29 is 29.0 Å². The van der Waals surface area contributed by atoms with Gasteiger partial charge in [0, 0.05) is 39.9 Å². The normalized spacial score (nSPS) is 11.1. The molecule has 9 nitrogen and oxygen atoms in total. The van der Waals surface area contributed by atoms with Gasteiger partial charge in [0.15, 0.2) is 0 Å². The molecule has 1 amide bonds. The van der Waals surface area contributed by atoms with Crippen LogP contribution < -0.4 is 21.1 Å². The number of anilines is 2. The van der Waals surface area contributed by atoms with Gasteiger partial charge in [0.2, 0.25) is 0 Å². The Kier molecular flexibility index (Phi) is 13.6. The standard InChI is InChI=1S/C39H31ClN2O4.C8H8ClNO2/c40-30-21-22-35(41-25-29-11-8-10-27-9-4-5-14-32(27)29)34(24-30)38(43)42-36(39(44)45)23-26-17-19-28(20-18-26)33-15-6-7-16-37(33)46-31-12-2-1-3-13-31;1-12-8(11)6-4-5(9)2-3-7(6)10/h1-22,24,36,41H,23,25H2,(H,42,43)(H,44,45);2-4H,10H2,1H3/t36-;/m0./s1. The number of aliphatic carboxylic acids is 1. The number of hydrogen-bond donors (Lipinski definition) is 4. The van der Waals surface area contributed by atoms with Crippen LogP contribution in [0.1, 0.15) is 31.8 Å². The lowest BCUT2D eigenvalue weighted by Gasteiger charge is -2.18. The van der Waals surface area contributed by atoms with Gasteiger partial charge in [-0.15, -0.1) is 0 Å². The molecule has 0 radical (unpaired) electrons. The average Bonchev–Trinajstić information content (AvgIpc) is 3.24. The molecule has 0 fully saturated rings. The molecule has 7 aromatic rings. The van der Waals surface area contributed by atoms with Gasteiger partial charge in [-0.1, -0.05) is 126 Å². The van der Waals surface area contributed by atoms with Crippen LogP contribution in [0.5, 0.6) is 11.5 Å². The highest BCUT2D eigenvalue weighted by molar-refractivity contribution is 6.31. The third kappa shape index (κ3) is 10.5. The molecular formula is C47H39Cl2N3O6. The minimum atomic E-state index is -1.16. The lowest BCUT2D eigenvalue weighted by Crippen LogP contribution is -2.42. The number of nitrogens with two attached hydrogens (primary N) is 1. The highest BCUT2D eigenvalue weighted by Crippen LogP contribution is 2.33. The van der Waals surface area contributed by atoms with Gasteiger partial charge in [-0.25, -0.2) is 9.59 Å². The number of para-hydroxylation sites is 2. The number of carboxylic acid groups (broad SMARTS) is 1. The molecule has 1 atom stereocenters. The summed E-state index contributed by atoms with van der Waals surface area (Å²) >= 11 is 11.9. The van der Waals surface area contributed by atoms with Crippen molar-refractivity contribution in [3.63, 3.8) is 0 Å². The fourth-order valence-corrected chi connectivity index (χ4v) is 6.56. The third-order valence-corrected chi connectivity index (χ3v) is 9.63. The smallest absolute Gasteiger partial charge is 0.340 e. The molecule has 58 heavy (non-hydrogen) atoms. The van der Waals surface area contributed by atoms with Crippen molar-refractivity contribution in [1.82, 2.24) is 5.32 Å². The quantitative estimate of drug-likeness (QED) is 0.0706. The Morgan fingerprint density at radius 2 is 1.38 bits per heavy atom. The summed E-state index contributed by atoms with van der Waals surface area (Å²) in [5.41, 5.74) is 10.7. The van der Waals surface area contributed by atoms with Crippen molar-refractivity contribution in [1.29, 1.82) is 0 Å². The Morgan fingerprint density at radius 1 is 0.724 bits per heavy atom. The molecule has 0 aromatic heterocycles. The number of rotatable bonds is 12. The first-order valence-electron chi connectivity index (χ1n) is 18.2. The van der Waals surface area contributed by atoms with Gasteiger partial charge < -0.3 is 30.9 Å². The van der Waals surface area contributed by atoms with E-state index in [1.54, 1.807) is 30.3 Å². The molecule has 0 spiro atoms. The summed E-state index contributed by atoms with van der Waals surface area (Å²) in [6, 6.07) is 47.6. The van der Waals surface area contributed by atoms with E-state index in [0.29, 0.717) is 39.3 Å².